The van der Waals surface area contributed by atoms with Gasteiger partial charge in [0.2, 0.25) is 0 Å². The average molecular weight is 932 g/mol. The number of hydrogen-bond acceptors (Lipinski definition) is 0. The van der Waals surface area contributed by atoms with E-state index in [1.807, 2.05) is 6.92 Å². The molecule has 0 heterocycles. The summed E-state index contributed by atoms with van der Waals surface area (Å²) in [7, 11) is 0. The van der Waals surface area contributed by atoms with Gasteiger partial charge in [0.15, 0.2) is 0 Å². The van der Waals surface area contributed by atoms with E-state index in [0.717, 1.165) is 6.42 Å². The van der Waals surface area contributed by atoms with Gasteiger partial charge in [0, 0.05) is 327 Å². The van der Waals surface area contributed by atoms with Gasteiger partial charge in [-0.15, -0.1) is 0 Å². The maximum atomic E-state index is 3.49. The minimum atomic E-state index is 0. The van der Waals surface area contributed by atoms with Gasteiger partial charge < -0.3 is 6.92 Å². The number of rotatable bonds is 0. The van der Waals surface area contributed by atoms with Gasteiger partial charge >= 0.3 is 0 Å². The van der Waals surface area contributed by atoms with E-state index in [1.54, 1.807) is 0 Å². The van der Waals surface area contributed by atoms with Crippen molar-refractivity contribution in [1.82, 2.24) is 0 Å². The molecule has 0 nitrogen and oxygen atoms in total. The van der Waals surface area contributed by atoms with Crippen molar-refractivity contribution in [1.29, 1.82) is 0 Å². The molecule has 0 aliphatic heterocycles. The van der Waals surface area contributed by atoms with E-state index in [-0.39, 0.29) is 327 Å². The fraction of sp³-hybridized carbons (Fsp3) is 0.667. The van der Waals surface area contributed by atoms with E-state index < -0.39 is 0 Å². The molecule has 0 amide bonds. The van der Waals surface area contributed by atoms with Gasteiger partial charge in [-0.1, -0.05) is 6.92 Å². The molecule has 0 aliphatic rings. The van der Waals surface area contributed by atoms with Crippen LogP contribution >= 0.6 is 0 Å². The van der Waals surface area contributed by atoms with Crippen LogP contribution in [0.1, 0.15) is 13.3 Å². The standard InChI is InChI=1S/C3H7.10Y/c1-3-2;;;;;;;;;;/h1,3H2,2H3;;;;;;;;;;/q-1;;;;;;;;;;. The second kappa shape index (κ2) is 77.2. The zero-order valence-corrected chi connectivity index (χ0v) is 36.6. The molecule has 0 aliphatic carbocycles. The van der Waals surface area contributed by atoms with Crippen molar-refractivity contribution in [2.24, 2.45) is 0 Å². The van der Waals surface area contributed by atoms with Crippen LogP contribution < -0.4 is 0 Å². The molecule has 0 bridgehead atoms. The van der Waals surface area contributed by atoms with Crippen molar-refractivity contribution >= 4 is 0 Å². The monoisotopic (exact) mass is 932 g/mol. The predicted octanol–water partition coefficient (Wildman–Crippen LogP) is 1.21. The molecule has 0 aromatic heterocycles. The van der Waals surface area contributed by atoms with Gasteiger partial charge in [-0.3, -0.25) is 0 Å². The molecule has 0 atom stereocenters. The third-order valence-corrected chi connectivity index (χ3v) is 0. The van der Waals surface area contributed by atoms with Crippen molar-refractivity contribution in [2.75, 3.05) is 0 Å². The smallest absolute Gasteiger partial charge is 0 e. The maximum absolute atomic E-state index is 3.49. The number of hydrogen-bond donors (Lipinski definition) is 0. The molecule has 10 radical (unpaired) electrons. The van der Waals surface area contributed by atoms with Gasteiger partial charge in [0.05, 0.1) is 0 Å². The van der Waals surface area contributed by atoms with Crippen LogP contribution in [0.3, 0.4) is 0 Å². The summed E-state index contributed by atoms with van der Waals surface area (Å²) in [5.74, 6) is 0. The summed E-state index contributed by atoms with van der Waals surface area (Å²) in [5.41, 5.74) is 0. The van der Waals surface area contributed by atoms with Crippen LogP contribution in [0.25, 0.3) is 0 Å². The van der Waals surface area contributed by atoms with Gasteiger partial charge in [-0.25, -0.2) is 0 Å². The second-order valence-electron chi connectivity index (χ2n) is 0.500. The van der Waals surface area contributed by atoms with Gasteiger partial charge in [0.1, 0.15) is 0 Å². The Balaban J connectivity index is -0.000000000444. The summed E-state index contributed by atoms with van der Waals surface area (Å²) >= 11 is 0. The van der Waals surface area contributed by atoms with E-state index in [2.05, 4.69) is 6.92 Å². The molecule has 0 N–H and O–H groups in total. The summed E-state index contributed by atoms with van der Waals surface area (Å²) in [5, 5.41) is 0. The molecule has 0 aromatic rings. The fourth-order valence-electron chi connectivity index (χ4n) is 0. The van der Waals surface area contributed by atoms with E-state index in [4.69, 9.17) is 0 Å². The Kier molecular flexibility index (Phi) is 446. The molecule has 0 fully saturated rings. The molecule has 0 unspecified atom stereocenters. The zero-order valence-electron chi connectivity index (χ0n) is 8.19. The van der Waals surface area contributed by atoms with Crippen LogP contribution in [-0.4, -0.2) is 0 Å². The SMILES string of the molecule is [CH2-]CC.[Y].[Y].[Y].[Y].[Y].[Y].[Y].[Y].[Y].[Y]. The van der Waals surface area contributed by atoms with Crippen molar-refractivity contribution in [3.05, 3.63) is 6.92 Å². The first-order valence-corrected chi connectivity index (χ1v) is 1.21. The first-order chi connectivity index (χ1) is 1.41. The molecule has 0 aromatic carbocycles. The van der Waals surface area contributed by atoms with Crippen molar-refractivity contribution in [3.63, 3.8) is 0 Å². The van der Waals surface area contributed by atoms with E-state index >= 15 is 0 Å². The fourth-order valence-corrected chi connectivity index (χ4v) is 0. The van der Waals surface area contributed by atoms with Crippen molar-refractivity contribution < 1.29 is 327 Å². The van der Waals surface area contributed by atoms with Crippen LogP contribution in [-0.2, 0) is 327 Å². The Morgan fingerprint density at radius 3 is 0.538 bits per heavy atom. The molecule has 13 heavy (non-hydrogen) atoms. The van der Waals surface area contributed by atoms with Crippen LogP contribution in [0.4, 0.5) is 0 Å². The Hall–Kier alpha value is 11.0. The summed E-state index contributed by atoms with van der Waals surface area (Å²) in [6.45, 7) is 5.50. The van der Waals surface area contributed by atoms with Crippen LogP contribution in [0, 0.1) is 6.92 Å². The van der Waals surface area contributed by atoms with Crippen molar-refractivity contribution in [2.45, 2.75) is 13.3 Å². The summed E-state index contributed by atoms with van der Waals surface area (Å²) < 4.78 is 0. The van der Waals surface area contributed by atoms with Gasteiger partial charge in [-0.05, 0) is 0 Å². The largest absolute Gasteiger partial charge is 0.344 e. The topological polar surface area (TPSA) is 0 Å². The maximum Gasteiger partial charge on any atom is 0 e. The van der Waals surface area contributed by atoms with Crippen LogP contribution in [0.2, 0.25) is 0 Å². The molecular formula is C3H7Y10-. The predicted molar refractivity (Wildman–Crippen MR) is 15.6 cm³/mol. The molecule has 50 valence electrons. The van der Waals surface area contributed by atoms with E-state index in [0.29, 0.717) is 0 Å². The first kappa shape index (κ1) is 75.1. The molecule has 0 rings (SSSR count). The average Bonchev–Trinajstić information content (AvgIpc) is 0.918. The normalized spacial score (nSPS) is 1.38. The second-order valence-corrected chi connectivity index (χ2v) is 0.500. The molecular weight excluding hydrogens is 925 g/mol. The summed E-state index contributed by atoms with van der Waals surface area (Å²) in [6, 6.07) is 0. The minimum Gasteiger partial charge on any atom is -0.344 e. The van der Waals surface area contributed by atoms with Crippen molar-refractivity contribution in [3.8, 4) is 0 Å². The van der Waals surface area contributed by atoms with E-state index in [1.165, 1.54) is 0 Å². The Bertz CT molecular complexity index is 10.1. The molecule has 0 saturated carbocycles. The Morgan fingerprint density at radius 1 is 0.538 bits per heavy atom. The van der Waals surface area contributed by atoms with Gasteiger partial charge in [0.25, 0.3) is 0 Å². The van der Waals surface area contributed by atoms with Crippen LogP contribution in [0.5, 0.6) is 0 Å². The quantitative estimate of drug-likeness (QED) is 0.321. The first-order valence-electron chi connectivity index (χ1n) is 1.21. The summed E-state index contributed by atoms with van der Waals surface area (Å²) in [4.78, 5) is 0. The van der Waals surface area contributed by atoms with Gasteiger partial charge in [-0.2, -0.15) is 6.42 Å². The Morgan fingerprint density at radius 2 is 0.538 bits per heavy atom. The third-order valence-electron chi connectivity index (χ3n) is 0. The molecule has 0 saturated heterocycles. The zero-order chi connectivity index (χ0) is 2.71. The minimum absolute atomic E-state index is 0. The summed E-state index contributed by atoms with van der Waals surface area (Å²) in [6.07, 6.45) is 1.00. The Labute approximate surface area is 335 Å². The van der Waals surface area contributed by atoms with Crippen LogP contribution in [0.15, 0.2) is 0 Å². The third kappa shape index (κ3) is 83.7. The van der Waals surface area contributed by atoms with E-state index in [9.17, 15) is 0 Å². The molecule has 0 spiro atoms. The molecule has 10 heteroatoms.